The monoisotopic (exact) mass is 334 g/mol. The molecule has 0 bridgehead atoms. The fourth-order valence-electron chi connectivity index (χ4n) is 2.25. The third kappa shape index (κ3) is 4.96. The first-order chi connectivity index (χ1) is 11.8. The fourth-order valence-corrected chi connectivity index (χ4v) is 3.05. The van der Waals surface area contributed by atoms with Crippen LogP contribution in [0.25, 0.3) is 0 Å². The van der Waals surface area contributed by atoms with Crippen molar-refractivity contribution in [3.8, 4) is 0 Å². The molecule has 1 N–H and O–H groups in total. The molecule has 1 aromatic heterocycles. The molecule has 3 aromatic rings. The van der Waals surface area contributed by atoms with Crippen molar-refractivity contribution in [3.05, 3.63) is 84.6 Å². The van der Waals surface area contributed by atoms with Crippen LogP contribution in [0.5, 0.6) is 0 Å². The molecule has 0 aliphatic carbocycles. The van der Waals surface area contributed by atoms with E-state index in [1.54, 1.807) is 18.0 Å². The third-order valence-corrected chi connectivity index (χ3v) is 4.45. The number of carbonyl (C=O) groups is 1. The van der Waals surface area contributed by atoms with Gasteiger partial charge in [0.15, 0.2) is 0 Å². The van der Waals surface area contributed by atoms with Crippen LogP contribution in [0.2, 0.25) is 0 Å². The van der Waals surface area contributed by atoms with Gasteiger partial charge in [0, 0.05) is 22.4 Å². The Morgan fingerprint density at radius 2 is 1.58 bits per heavy atom. The first-order valence-electron chi connectivity index (χ1n) is 7.82. The highest BCUT2D eigenvalue weighted by atomic mass is 32.2. The number of hydrogen-bond donors (Lipinski definition) is 1. The molecule has 24 heavy (non-hydrogen) atoms. The molecule has 0 fully saturated rings. The van der Waals surface area contributed by atoms with Gasteiger partial charge in [-0.1, -0.05) is 60.3 Å². The summed E-state index contributed by atoms with van der Waals surface area (Å²) in [6.45, 7) is 0. The van der Waals surface area contributed by atoms with E-state index < -0.39 is 0 Å². The van der Waals surface area contributed by atoms with Gasteiger partial charge in [0.25, 0.3) is 0 Å². The summed E-state index contributed by atoms with van der Waals surface area (Å²) in [5.41, 5.74) is 1.16. The molecule has 0 saturated carbocycles. The van der Waals surface area contributed by atoms with Gasteiger partial charge in [0.05, 0.1) is 0 Å². The smallest absolute Gasteiger partial charge is 0.225 e. The zero-order chi connectivity index (χ0) is 16.6. The Bertz CT molecular complexity index is 774. The summed E-state index contributed by atoms with van der Waals surface area (Å²) in [7, 11) is 0. The Kier molecular flexibility index (Phi) is 5.64. The molecule has 0 unspecified atom stereocenters. The fraction of sp³-hybridized carbons (Fsp3) is 0.100. The molecular weight excluding hydrogens is 316 g/mol. The van der Waals surface area contributed by atoms with Crippen molar-refractivity contribution in [2.24, 2.45) is 0 Å². The molecule has 0 spiro atoms. The molecule has 0 radical (unpaired) electrons. The van der Waals surface area contributed by atoms with Crippen LogP contribution < -0.4 is 5.32 Å². The van der Waals surface area contributed by atoms with Gasteiger partial charge in [-0.05, 0) is 36.2 Å². The topological polar surface area (TPSA) is 42.0 Å². The average Bonchev–Trinajstić information content (AvgIpc) is 2.63. The lowest BCUT2D eigenvalue weighted by Gasteiger charge is -2.06. The second kappa shape index (κ2) is 8.31. The van der Waals surface area contributed by atoms with Crippen molar-refractivity contribution in [2.75, 3.05) is 5.32 Å². The van der Waals surface area contributed by atoms with Gasteiger partial charge in [-0.15, -0.1) is 0 Å². The maximum Gasteiger partial charge on any atom is 0.225 e. The predicted octanol–water partition coefficient (Wildman–Crippen LogP) is 4.80. The normalized spacial score (nSPS) is 10.3. The van der Waals surface area contributed by atoms with Gasteiger partial charge in [0.2, 0.25) is 5.91 Å². The Morgan fingerprint density at radius 1 is 0.875 bits per heavy atom. The number of carbonyl (C=O) groups excluding carboxylic acids is 1. The maximum absolute atomic E-state index is 12.0. The van der Waals surface area contributed by atoms with Crippen LogP contribution in [0, 0.1) is 0 Å². The predicted molar refractivity (Wildman–Crippen MR) is 98.2 cm³/mol. The molecule has 0 aliphatic rings. The Hall–Kier alpha value is -2.59. The van der Waals surface area contributed by atoms with E-state index in [9.17, 15) is 4.79 Å². The van der Waals surface area contributed by atoms with Crippen LogP contribution in [0.4, 0.5) is 5.82 Å². The van der Waals surface area contributed by atoms with Crippen molar-refractivity contribution in [1.82, 2.24) is 4.98 Å². The third-order valence-electron chi connectivity index (χ3n) is 3.47. The Balaban J connectivity index is 1.51. The Morgan fingerprint density at radius 3 is 2.25 bits per heavy atom. The number of rotatable bonds is 6. The number of hydrogen-bond acceptors (Lipinski definition) is 3. The van der Waals surface area contributed by atoms with Crippen molar-refractivity contribution in [3.63, 3.8) is 0 Å². The van der Waals surface area contributed by atoms with Crippen LogP contribution in [-0.4, -0.2) is 10.9 Å². The van der Waals surface area contributed by atoms with Gasteiger partial charge in [-0.25, -0.2) is 4.98 Å². The molecule has 3 nitrogen and oxygen atoms in total. The van der Waals surface area contributed by atoms with E-state index in [-0.39, 0.29) is 5.91 Å². The summed E-state index contributed by atoms with van der Waals surface area (Å²) >= 11 is 1.65. The molecular formula is C20H18N2OS. The summed E-state index contributed by atoms with van der Waals surface area (Å²) in [5, 5.41) is 2.84. The second-order valence-corrected chi connectivity index (χ2v) is 6.47. The number of nitrogens with zero attached hydrogens (tertiary/aromatic N) is 1. The molecule has 0 atom stereocenters. The van der Waals surface area contributed by atoms with Gasteiger partial charge in [-0.3, -0.25) is 4.79 Å². The van der Waals surface area contributed by atoms with E-state index in [0.29, 0.717) is 12.2 Å². The molecule has 120 valence electrons. The molecule has 4 heteroatoms. The highest BCUT2D eigenvalue weighted by molar-refractivity contribution is 7.99. The minimum atomic E-state index is -0.0187. The van der Waals surface area contributed by atoms with Crippen molar-refractivity contribution < 1.29 is 4.79 Å². The molecule has 1 amide bonds. The number of anilines is 1. The summed E-state index contributed by atoms with van der Waals surface area (Å²) < 4.78 is 0. The van der Waals surface area contributed by atoms with E-state index in [0.717, 1.165) is 16.9 Å². The standard InChI is InChI=1S/C20H18N2OS/c23-20(14-11-16-7-3-1-4-8-16)22-19-13-12-18(15-21-19)24-17-9-5-2-6-10-17/h1-10,12-13,15H,11,14H2,(H,21,22,23). The van der Waals surface area contributed by atoms with Gasteiger partial charge < -0.3 is 5.32 Å². The zero-order valence-electron chi connectivity index (χ0n) is 13.2. The van der Waals surface area contributed by atoms with E-state index in [1.165, 1.54) is 4.90 Å². The summed E-state index contributed by atoms with van der Waals surface area (Å²) in [4.78, 5) is 18.5. The van der Waals surface area contributed by atoms with Gasteiger partial charge in [-0.2, -0.15) is 0 Å². The van der Waals surface area contributed by atoms with E-state index >= 15 is 0 Å². The van der Waals surface area contributed by atoms with Gasteiger partial charge in [0.1, 0.15) is 5.82 Å². The first kappa shape index (κ1) is 16.3. The van der Waals surface area contributed by atoms with Crippen LogP contribution in [-0.2, 0) is 11.2 Å². The number of nitrogens with one attached hydrogen (secondary N) is 1. The lowest BCUT2D eigenvalue weighted by Crippen LogP contribution is -2.13. The van der Waals surface area contributed by atoms with Crippen LogP contribution >= 0.6 is 11.8 Å². The van der Waals surface area contributed by atoms with E-state index in [2.05, 4.69) is 22.4 Å². The largest absolute Gasteiger partial charge is 0.311 e. The van der Waals surface area contributed by atoms with E-state index in [4.69, 9.17) is 0 Å². The second-order valence-electron chi connectivity index (χ2n) is 5.33. The minimum Gasteiger partial charge on any atom is -0.311 e. The first-order valence-corrected chi connectivity index (χ1v) is 8.64. The quantitative estimate of drug-likeness (QED) is 0.704. The number of amides is 1. The number of aromatic nitrogens is 1. The van der Waals surface area contributed by atoms with Crippen LogP contribution in [0.1, 0.15) is 12.0 Å². The van der Waals surface area contributed by atoms with Gasteiger partial charge >= 0.3 is 0 Å². The van der Waals surface area contributed by atoms with E-state index in [1.807, 2.05) is 60.7 Å². The highest BCUT2D eigenvalue weighted by Crippen LogP contribution is 2.27. The number of benzene rings is 2. The zero-order valence-corrected chi connectivity index (χ0v) is 14.0. The lowest BCUT2D eigenvalue weighted by molar-refractivity contribution is -0.116. The molecule has 0 aliphatic heterocycles. The summed E-state index contributed by atoms with van der Waals surface area (Å²) in [6, 6.07) is 23.9. The summed E-state index contributed by atoms with van der Waals surface area (Å²) in [6.07, 6.45) is 2.96. The average molecular weight is 334 g/mol. The SMILES string of the molecule is O=C(CCc1ccccc1)Nc1ccc(Sc2ccccc2)cn1. The minimum absolute atomic E-state index is 0.0187. The Labute approximate surface area is 146 Å². The van der Waals surface area contributed by atoms with Crippen LogP contribution in [0.3, 0.4) is 0 Å². The number of aryl methyl sites for hydroxylation is 1. The van der Waals surface area contributed by atoms with Crippen molar-refractivity contribution >= 4 is 23.5 Å². The molecule has 3 rings (SSSR count). The lowest BCUT2D eigenvalue weighted by atomic mass is 10.1. The molecule has 2 aromatic carbocycles. The number of pyridine rings is 1. The highest BCUT2D eigenvalue weighted by Gasteiger charge is 2.05. The van der Waals surface area contributed by atoms with Crippen molar-refractivity contribution in [2.45, 2.75) is 22.6 Å². The summed E-state index contributed by atoms with van der Waals surface area (Å²) in [5.74, 6) is 0.570. The molecule has 0 saturated heterocycles. The van der Waals surface area contributed by atoms with Crippen LogP contribution in [0.15, 0.2) is 88.8 Å². The maximum atomic E-state index is 12.0. The van der Waals surface area contributed by atoms with Crippen molar-refractivity contribution in [1.29, 1.82) is 0 Å². The molecule has 1 heterocycles.